The van der Waals surface area contributed by atoms with Crippen molar-refractivity contribution < 1.29 is 18.6 Å². The summed E-state index contributed by atoms with van der Waals surface area (Å²) in [5.41, 5.74) is 5.47. The van der Waals surface area contributed by atoms with Crippen LogP contribution in [0.15, 0.2) is 30.3 Å². The lowest BCUT2D eigenvalue weighted by Crippen LogP contribution is -2.36. The maximum Gasteiger partial charge on any atom is 0.330 e. The second-order valence-electron chi connectivity index (χ2n) is 3.86. The summed E-state index contributed by atoms with van der Waals surface area (Å²) in [5.74, 6) is -0.0623. The first kappa shape index (κ1) is 15.7. The molecular formula is C12H19N2O4P. The molecule has 3 N–H and O–H groups in total. The average molecular weight is 286 g/mol. The highest BCUT2D eigenvalue weighted by molar-refractivity contribution is 7.57. The van der Waals surface area contributed by atoms with E-state index in [1.807, 2.05) is 6.07 Å². The number of benzene rings is 1. The zero-order valence-corrected chi connectivity index (χ0v) is 11.9. The highest BCUT2D eigenvalue weighted by Crippen LogP contribution is 2.41. The van der Waals surface area contributed by atoms with E-state index >= 15 is 0 Å². The van der Waals surface area contributed by atoms with Gasteiger partial charge in [0, 0.05) is 0 Å². The Hall–Kier alpha value is -1.36. The van der Waals surface area contributed by atoms with Crippen molar-refractivity contribution in [3.63, 3.8) is 0 Å². The van der Waals surface area contributed by atoms with Crippen molar-refractivity contribution in [2.24, 2.45) is 5.73 Å². The molecule has 0 saturated heterocycles. The van der Waals surface area contributed by atoms with Crippen LogP contribution in [0.3, 0.4) is 0 Å². The molecule has 1 aromatic rings. The zero-order valence-electron chi connectivity index (χ0n) is 11.0. The Morgan fingerprint density at radius 2 is 2.05 bits per heavy atom. The number of hydrogen-bond acceptors (Lipinski definition) is 5. The van der Waals surface area contributed by atoms with Gasteiger partial charge in [0.25, 0.3) is 0 Å². The summed E-state index contributed by atoms with van der Waals surface area (Å²) < 4.78 is 22.6. The number of carbonyl (C=O) groups excluding carboxylic acids is 1. The second-order valence-corrected chi connectivity index (χ2v) is 6.02. The lowest BCUT2D eigenvalue weighted by atomic mass is 10.3. The van der Waals surface area contributed by atoms with Gasteiger partial charge in [-0.15, -0.1) is 0 Å². The van der Waals surface area contributed by atoms with Gasteiger partial charge in [0.15, 0.2) is 0 Å². The number of nitrogens with two attached hydrogens (primary N) is 1. The quantitative estimate of drug-likeness (QED) is 0.586. The van der Waals surface area contributed by atoms with Crippen molar-refractivity contribution in [1.29, 1.82) is 0 Å². The van der Waals surface area contributed by atoms with Gasteiger partial charge in [-0.3, -0.25) is 9.36 Å². The van der Waals surface area contributed by atoms with Crippen molar-refractivity contribution >= 4 is 13.5 Å². The maximum absolute atomic E-state index is 12.4. The van der Waals surface area contributed by atoms with Crippen LogP contribution in [-0.2, 0) is 14.1 Å². The highest BCUT2D eigenvalue weighted by atomic mass is 31.2. The van der Waals surface area contributed by atoms with Gasteiger partial charge < -0.3 is 15.0 Å². The van der Waals surface area contributed by atoms with Crippen LogP contribution in [-0.4, -0.2) is 24.9 Å². The molecule has 2 unspecified atom stereocenters. The number of hydrogen-bond donors (Lipinski definition) is 2. The maximum atomic E-state index is 12.4. The van der Waals surface area contributed by atoms with E-state index in [2.05, 4.69) is 5.09 Å². The molecule has 6 nitrogen and oxygen atoms in total. The van der Waals surface area contributed by atoms with Gasteiger partial charge in [-0.05, 0) is 26.0 Å². The topological polar surface area (TPSA) is 90.7 Å². The van der Waals surface area contributed by atoms with Crippen LogP contribution in [0.25, 0.3) is 0 Å². The normalized spacial score (nSPS) is 15.3. The number of rotatable bonds is 7. The predicted molar refractivity (Wildman–Crippen MR) is 73.0 cm³/mol. The third-order valence-corrected chi connectivity index (χ3v) is 4.03. The molecule has 106 valence electrons. The number of nitrogens with one attached hydrogen (secondary N) is 1. The predicted octanol–water partition coefficient (Wildman–Crippen LogP) is 1.72. The smallest absolute Gasteiger partial charge is 0.330 e. The highest BCUT2D eigenvalue weighted by Gasteiger charge is 2.28. The van der Waals surface area contributed by atoms with E-state index in [4.69, 9.17) is 15.0 Å². The molecule has 0 heterocycles. The summed E-state index contributed by atoms with van der Waals surface area (Å²) in [6.45, 7) is 3.51. The van der Waals surface area contributed by atoms with Crippen LogP contribution in [0.5, 0.6) is 5.75 Å². The van der Waals surface area contributed by atoms with Crippen molar-refractivity contribution in [1.82, 2.24) is 5.09 Å². The Labute approximate surface area is 112 Å². The molecule has 0 bridgehead atoms. The molecule has 19 heavy (non-hydrogen) atoms. The fraction of sp³-hybridized carbons (Fsp3) is 0.417. The lowest BCUT2D eigenvalue weighted by Gasteiger charge is -2.22. The Kier molecular flexibility index (Phi) is 6.02. The van der Waals surface area contributed by atoms with Gasteiger partial charge in [0.1, 0.15) is 11.8 Å². The van der Waals surface area contributed by atoms with Crippen LogP contribution in [0.4, 0.5) is 0 Å². The molecule has 1 rings (SSSR count). The molecule has 0 fully saturated rings. The van der Waals surface area contributed by atoms with Gasteiger partial charge in [-0.25, -0.2) is 5.09 Å². The molecule has 2 atom stereocenters. The summed E-state index contributed by atoms with van der Waals surface area (Å²) in [5, 5.41) is 2.61. The molecule has 0 aliphatic carbocycles. The van der Waals surface area contributed by atoms with E-state index in [1.165, 1.54) is 0 Å². The minimum atomic E-state index is -3.33. The Morgan fingerprint density at radius 1 is 1.42 bits per heavy atom. The molecule has 0 saturated carbocycles. The minimum Gasteiger partial charge on any atom is -0.465 e. The summed E-state index contributed by atoms with van der Waals surface area (Å²) in [7, 11) is -3.33. The summed E-state index contributed by atoms with van der Waals surface area (Å²) >= 11 is 0. The van der Waals surface area contributed by atoms with E-state index in [-0.39, 0.29) is 12.9 Å². The number of carbonyl (C=O) groups is 1. The van der Waals surface area contributed by atoms with Gasteiger partial charge in [0.2, 0.25) is 0 Å². The van der Waals surface area contributed by atoms with Crippen LogP contribution >= 0.6 is 7.52 Å². The van der Waals surface area contributed by atoms with Crippen molar-refractivity contribution in [2.45, 2.75) is 19.9 Å². The van der Waals surface area contributed by atoms with E-state index < -0.39 is 19.5 Å². The van der Waals surface area contributed by atoms with Crippen molar-refractivity contribution in [3.05, 3.63) is 30.3 Å². The molecule has 0 radical (unpaired) electrons. The molecule has 1 aromatic carbocycles. The molecular weight excluding hydrogens is 267 g/mol. The molecule has 7 heteroatoms. The first-order chi connectivity index (χ1) is 9.00. The van der Waals surface area contributed by atoms with Gasteiger partial charge in [0.05, 0.1) is 12.9 Å². The fourth-order valence-electron chi connectivity index (χ4n) is 1.38. The molecule has 0 aliphatic heterocycles. The first-order valence-electron chi connectivity index (χ1n) is 5.99. The Balaban J connectivity index is 2.70. The van der Waals surface area contributed by atoms with Crippen LogP contribution < -0.4 is 15.3 Å². The van der Waals surface area contributed by atoms with E-state index in [1.54, 1.807) is 38.1 Å². The SMILES string of the molecule is CCOC(=O)C(C)NP(=O)(CN)Oc1ccccc1. The third kappa shape index (κ3) is 5.03. The monoisotopic (exact) mass is 286 g/mol. The van der Waals surface area contributed by atoms with Crippen LogP contribution in [0, 0.1) is 0 Å². The standard InChI is InChI=1S/C12H19N2O4P/c1-3-17-12(15)10(2)14-19(16,9-13)18-11-7-5-4-6-8-11/h4-8,10H,3,9,13H2,1-2H3,(H,14,16). The average Bonchev–Trinajstić information content (AvgIpc) is 2.40. The van der Waals surface area contributed by atoms with Crippen molar-refractivity contribution in [2.75, 3.05) is 12.9 Å². The molecule has 0 aliphatic rings. The van der Waals surface area contributed by atoms with Crippen LogP contribution in [0.1, 0.15) is 13.8 Å². The van der Waals surface area contributed by atoms with E-state index in [0.29, 0.717) is 5.75 Å². The van der Waals surface area contributed by atoms with Gasteiger partial charge >= 0.3 is 13.5 Å². The summed E-state index contributed by atoms with van der Waals surface area (Å²) in [6, 6.07) is 7.90. The zero-order chi connectivity index (χ0) is 14.3. The largest absolute Gasteiger partial charge is 0.465 e. The molecule has 0 aromatic heterocycles. The third-order valence-electron chi connectivity index (χ3n) is 2.27. The van der Waals surface area contributed by atoms with E-state index in [0.717, 1.165) is 0 Å². The van der Waals surface area contributed by atoms with Gasteiger partial charge in [-0.1, -0.05) is 18.2 Å². The lowest BCUT2D eigenvalue weighted by molar-refractivity contribution is -0.144. The Bertz CT molecular complexity index is 452. The number of ether oxygens (including phenoxy) is 1. The summed E-state index contributed by atoms with van der Waals surface area (Å²) in [4.78, 5) is 11.5. The molecule has 0 amide bonds. The first-order valence-corrected chi connectivity index (χ1v) is 7.80. The number of esters is 1. The fourth-order valence-corrected chi connectivity index (χ4v) is 2.77. The minimum absolute atomic E-state index is 0.217. The number of para-hydroxylation sites is 1. The second kappa shape index (κ2) is 7.28. The van der Waals surface area contributed by atoms with Gasteiger partial charge in [-0.2, -0.15) is 0 Å². The van der Waals surface area contributed by atoms with E-state index in [9.17, 15) is 9.36 Å². The molecule has 0 spiro atoms. The van der Waals surface area contributed by atoms with Crippen molar-refractivity contribution in [3.8, 4) is 5.75 Å². The Morgan fingerprint density at radius 3 is 2.58 bits per heavy atom. The summed E-state index contributed by atoms with van der Waals surface area (Å²) in [6.07, 6.45) is -0.217. The van der Waals surface area contributed by atoms with Crippen LogP contribution in [0.2, 0.25) is 0 Å².